The number of nitrogens with one attached hydrogen (secondary N) is 2. The number of hydrogen-bond donors (Lipinski definition) is 2. The van der Waals surface area contributed by atoms with Gasteiger partial charge in [-0.15, -0.1) is 11.8 Å². The van der Waals surface area contributed by atoms with E-state index in [4.69, 9.17) is 11.6 Å². The first-order valence-electron chi connectivity index (χ1n) is 6.11. The molecule has 2 aromatic rings. The molecule has 3 nitrogen and oxygen atoms in total. The van der Waals surface area contributed by atoms with Gasteiger partial charge in [-0.3, -0.25) is 0 Å². The number of halogens is 1. The summed E-state index contributed by atoms with van der Waals surface area (Å²) in [4.78, 5) is 13.0. The quantitative estimate of drug-likeness (QED) is 0.823. The second-order valence-electron chi connectivity index (χ2n) is 4.14. The molecule has 2 rings (SSSR count). The fourth-order valence-corrected chi connectivity index (χ4v) is 2.25. The van der Waals surface area contributed by atoms with E-state index in [1.54, 1.807) is 23.9 Å². The van der Waals surface area contributed by atoms with E-state index in [0.717, 1.165) is 5.56 Å². The molecule has 0 fully saturated rings. The molecule has 0 spiro atoms. The molecule has 0 unspecified atom stereocenters. The van der Waals surface area contributed by atoms with Crippen molar-refractivity contribution in [2.45, 2.75) is 11.4 Å². The summed E-state index contributed by atoms with van der Waals surface area (Å²) in [6.07, 6.45) is 2.03. The van der Waals surface area contributed by atoms with Crippen LogP contribution in [0, 0.1) is 0 Å². The molecule has 2 N–H and O–H groups in total. The first kappa shape index (κ1) is 14.8. The van der Waals surface area contributed by atoms with Crippen molar-refractivity contribution in [1.82, 2.24) is 5.32 Å². The fraction of sp³-hybridized carbons (Fsp3) is 0.133. The smallest absolute Gasteiger partial charge is 0.319 e. The van der Waals surface area contributed by atoms with E-state index in [1.165, 1.54) is 4.90 Å². The van der Waals surface area contributed by atoms with Crippen molar-refractivity contribution in [2.75, 3.05) is 11.6 Å². The molecule has 0 heterocycles. The summed E-state index contributed by atoms with van der Waals surface area (Å²) in [6.45, 7) is 0.477. The van der Waals surface area contributed by atoms with Crippen molar-refractivity contribution in [3.63, 3.8) is 0 Å². The maximum absolute atomic E-state index is 11.8. The number of hydrogen-bond acceptors (Lipinski definition) is 2. The molecule has 104 valence electrons. The molecule has 0 saturated heterocycles. The number of amides is 2. The van der Waals surface area contributed by atoms with Gasteiger partial charge in [0.2, 0.25) is 0 Å². The van der Waals surface area contributed by atoms with Gasteiger partial charge in [-0.25, -0.2) is 4.79 Å². The van der Waals surface area contributed by atoms with Crippen LogP contribution in [0.1, 0.15) is 5.56 Å². The van der Waals surface area contributed by atoms with Gasteiger partial charge in [0.25, 0.3) is 0 Å². The lowest BCUT2D eigenvalue weighted by Crippen LogP contribution is -2.28. The zero-order valence-electron chi connectivity index (χ0n) is 11.0. The predicted molar refractivity (Wildman–Crippen MR) is 85.5 cm³/mol. The van der Waals surface area contributed by atoms with E-state index in [-0.39, 0.29) is 6.03 Å². The number of carbonyl (C=O) groups excluding carboxylic acids is 1. The van der Waals surface area contributed by atoms with Crippen molar-refractivity contribution < 1.29 is 4.79 Å². The summed E-state index contributed by atoms with van der Waals surface area (Å²) in [5, 5.41) is 6.03. The summed E-state index contributed by atoms with van der Waals surface area (Å²) in [7, 11) is 0. The van der Waals surface area contributed by atoms with Gasteiger partial charge in [-0.1, -0.05) is 35.9 Å². The lowest BCUT2D eigenvalue weighted by Gasteiger charge is -2.09. The van der Waals surface area contributed by atoms with Gasteiger partial charge < -0.3 is 10.6 Å². The average Bonchev–Trinajstić information content (AvgIpc) is 2.48. The van der Waals surface area contributed by atoms with Crippen LogP contribution in [-0.2, 0) is 6.54 Å². The van der Waals surface area contributed by atoms with Gasteiger partial charge >= 0.3 is 6.03 Å². The highest BCUT2D eigenvalue weighted by molar-refractivity contribution is 7.98. The third-order valence-electron chi connectivity index (χ3n) is 2.73. The third kappa shape index (κ3) is 4.18. The van der Waals surface area contributed by atoms with Gasteiger partial charge in [0.1, 0.15) is 0 Å². The van der Waals surface area contributed by atoms with E-state index >= 15 is 0 Å². The Bertz CT molecular complexity index is 587. The van der Waals surface area contributed by atoms with Crippen molar-refractivity contribution in [2.24, 2.45) is 0 Å². The number of urea groups is 1. The largest absolute Gasteiger partial charge is 0.334 e. The Labute approximate surface area is 127 Å². The first-order chi connectivity index (χ1) is 9.69. The monoisotopic (exact) mass is 306 g/mol. The molecule has 0 aliphatic carbocycles. The van der Waals surface area contributed by atoms with Crippen LogP contribution in [0.15, 0.2) is 53.4 Å². The molecule has 0 bridgehead atoms. The molecule has 5 heteroatoms. The van der Waals surface area contributed by atoms with Crippen LogP contribution in [0.5, 0.6) is 0 Å². The Morgan fingerprint density at radius 2 is 1.85 bits per heavy atom. The van der Waals surface area contributed by atoms with Crippen LogP contribution in [0.4, 0.5) is 10.5 Å². The second-order valence-corrected chi connectivity index (χ2v) is 5.42. The maximum atomic E-state index is 11.8. The van der Waals surface area contributed by atoms with Crippen molar-refractivity contribution >= 4 is 35.1 Å². The van der Waals surface area contributed by atoms with E-state index in [9.17, 15) is 4.79 Å². The van der Waals surface area contributed by atoms with E-state index in [0.29, 0.717) is 17.3 Å². The molecule has 0 aliphatic rings. The summed E-state index contributed by atoms with van der Waals surface area (Å²) < 4.78 is 0. The van der Waals surface area contributed by atoms with Crippen LogP contribution < -0.4 is 10.6 Å². The summed E-state index contributed by atoms with van der Waals surface area (Å²) in [5.41, 5.74) is 1.65. The van der Waals surface area contributed by atoms with Gasteiger partial charge in [-0.2, -0.15) is 0 Å². The van der Waals surface area contributed by atoms with Crippen LogP contribution >= 0.6 is 23.4 Å². The molecular formula is C15H15ClN2OS. The van der Waals surface area contributed by atoms with E-state index in [1.807, 2.05) is 42.7 Å². The lowest BCUT2D eigenvalue weighted by molar-refractivity contribution is 0.251. The molecule has 2 aromatic carbocycles. The summed E-state index contributed by atoms with van der Waals surface area (Å²) in [5.74, 6) is 0. The zero-order valence-corrected chi connectivity index (χ0v) is 12.6. The Morgan fingerprint density at radius 3 is 2.50 bits per heavy atom. The minimum Gasteiger partial charge on any atom is -0.334 e. The SMILES string of the molecule is CSc1ccc(CNC(=O)Nc2ccccc2Cl)cc1. The number of anilines is 1. The first-order valence-corrected chi connectivity index (χ1v) is 7.71. The number of thioether (sulfide) groups is 1. The van der Waals surface area contributed by atoms with Crippen molar-refractivity contribution in [3.8, 4) is 0 Å². The van der Waals surface area contributed by atoms with Crippen molar-refractivity contribution in [1.29, 1.82) is 0 Å². The molecule has 0 aliphatic heterocycles. The molecule has 2 amide bonds. The molecule has 0 aromatic heterocycles. The summed E-state index contributed by atoms with van der Waals surface area (Å²) in [6, 6.07) is 14.9. The standard InChI is InChI=1S/C15H15ClN2OS/c1-20-12-8-6-11(7-9-12)10-17-15(19)18-14-5-3-2-4-13(14)16/h2-9H,10H2,1H3,(H2,17,18,19). The third-order valence-corrected chi connectivity index (χ3v) is 3.81. The summed E-state index contributed by atoms with van der Waals surface area (Å²) >= 11 is 7.66. The molecular weight excluding hydrogens is 292 g/mol. The molecule has 0 radical (unpaired) electrons. The lowest BCUT2D eigenvalue weighted by atomic mass is 10.2. The number of para-hydroxylation sites is 1. The molecule has 0 atom stereocenters. The highest BCUT2D eigenvalue weighted by Gasteiger charge is 2.04. The van der Waals surface area contributed by atoms with E-state index < -0.39 is 0 Å². The number of rotatable bonds is 4. The molecule has 20 heavy (non-hydrogen) atoms. The molecule has 0 saturated carbocycles. The van der Waals surface area contributed by atoms with Gasteiger partial charge in [0.05, 0.1) is 10.7 Å². The van der Waals surface area contributed by atoms with Crippen LogP contribution in [-0.4, -0.2) is 12.3 Å². The highest BCUT2D eigenvalue weighted by atomic mass is 35.5. The van der Waals surface area contributed by atoms with Gasteiger partial charge in [-0.05, 0) is 36.1 Å². The fourth-order valence-electron chi connectivity index (χ4n) is 1.65. The van der Waals surface area contributed by atoms with Gasteiger partial charge in [0.15, 0.2) is 0 Å². The minimum absolute atomic E-state index is 0.271. The maximum Gasteiger partial charge on any atom is 0.319 e. The zero-order chi connectivity index (χ0) is 14.4. The normalized spacial score (nSPS) is 10.1. The number of benzene rings is 2. The Balaban J connectivity index is 1.87. The van der Waals surface area contributed by atoms with Gasteiger partial charge in [0, 0.05) is 11.4 Å². The van der Waals surface area contributed by atoms with Crippen LogP contribution in [0.25, 0.3) is 0 Å². The Morgan fingerprint density at radius 1 is 1.15 bits per heavy atom. The number of carbonyl (C=O) groups is 1. The topological polar surface area (TPSA) is 41.1 Å². The van der Waals surface area contributed by atoms with Crippen LogP contribution in [0.2, 0.25) is 5.02 Å². The van der Waals surface area contributed by atoms with Crippen LogP contribution in [0.3, 0.4) is 0 Å². The Kier molecular flexibility index (Phi) is 5.32. The second kappa shape index (κ2) is 7.22. The highest BCUT2D eigenvalue weighted by Crippen LogP contribution is 2.20. The van der Waals surface area contributed by atoms with Crippen molar-refractivity contribution in [3.05, 3.63) is 59.1 Å². The van der Waals surface area contributed by atoms with E-state index in [2.05, 4.69) is 10.6 Å². The average molecular weight is 307 g/mol. The minimum atomic E-state index is -0.271. The predicted octanol–water partition coefficient (Wildman–Crippen LogP) is 4.38. The Hall–Kier alpha value is -1.65.